The molecular formula is C21H18N4O3. The summed E-state index contributed by atoms with van der Waals surface area (Å²) in [5, 5.41) is 4.37. The van der Waals surface area contributed by atoms with E-state index in [0.717, 1.165) is 22.3 Å². The van der Waals surface area contributed by atoms with Crippen LogP contribution < -0.4 is 9.47 Å². The fourth-order valence-corrected chi connectivity index (χ4v) is 2.76. The second-order valence-corrected chi connectivity index (χ2v) is 6.14. The molecule has 0 saturated carbocycles. The molecule has 7 heteroatoms. The molecule has 4 aromatic rings. The molecule has 0 fully saturated rings. The lowest BCUT2D eigenvalue weighted by Gasteiger charge is -2.03. The summed E-state index contributed by atoms with van der Waals surface area (Å²) in [6.07, 6.45) is 3.05. The third kappa shape index (κ3) is 3.64. The monoisotopic (exact) mass is 374 g/mol. The third-order valence-corrected chi connectivity index (χ3v) is 4.11. The van der Waals surface area contributed by atoms with Gasteiger partial charge in [0.2, 0.25) is 11.8 Å². The topological polar surface area (TPSA) is 82.0 Å². The summed E-state index contributed by atoms with van der Waals surface area (Å²) >= 11 is 0. The number of imidazole rings is 1. The number of carbonyl (C=O) groups excluding carboxylic acids is 1. The Morgan fingerprint density at radius 1 is 1.14 bits per heavy atom. The summed E-state index contributed by atoms with van der Waals surface area (Å²) in [5.74, 6) is 1.02. The highest BCUT2D eigenvalue weighted by Gasteiger charge is 2.14. The average Bonchev–Trinajstić information content (AvgIpc) is 3.29. The van der Waals surface area contributed by atoms with Gasteiger partial charge in [-0.25, -0.2) is 9.78 Å². The van der Waals surface area contributed by atoms with E-state index in [2.05, 4.69) is 15.1 Å². The third-order valence-electron chi connectivity index (χ3n) is 4.11. The van der Waals surface area contributed by atoms with Gasteiger partial charge in [0.25, 0.3) is 0 Å². The number of aromatic nitrogens is 4. The van der Waals surface area contributed by atoms with Crippen LogP contribution in [-0.4, -0.2) is 32.8 Å². The summed E-state index contributed by atoms with van der Waals surface area (Å²) in [4.78, 5) is 19.9. The van der Waals surface area contributed by atoms with Crippen molar-refractivity contribution in [3.8, 4) is 17.6 Å². The summed E-state index contributed by atoms with van der Waals surface area (Å²) < 4.78 is 12.1. The van der Waals surface area contributed by atoms with Crippen LogP contribution in [0.25, 0.3) is 23.1 Å². The Morgan fingerprint density at radius 2 is 1.93 bits per heavy atom. The maximum atomic E-state index is 12.3. The van der Waals surface area contributed by atoms with Gasteiger partial charge in [-0.15, -0.1) is 0 Å². The highest BCUT2D eigenvalue weighted by Crippen LogP contribution is 2.20. The maximum Gasteiger partial charge on any atom is 0.337 e. The van der Waals surface area contributed by atoms with Gasteiger partial charge < -0.3 is 14.5 Å². The van der Waals surface area contributed by atoms with Crippen LogP contribution in [0.5, 0.6) is 11.6 Å². The van der Waals surface area contributed by atoms with Crippen molar-refractivity contribution in [1.29, 1.82) is 0 Å². The van der Waals surface area contributed by atoms with Crippen LogP contribution in [0.3, 0.4) is 0 Å². The lowest BCUT2D eigenvalue weighted by Crippen LogP contribution is -2.09. The predicted molar refractivity (Wildman–Crippen MR) is 106 cm³/mol. The van der Waals surface area contributed by atoms with Crippen molar-refractivity contribution < 1.29 is 14.3 Å². The number of carbonyl (C=O) groups is 1. The molecule has 0 saturated heterocycles. The summed E-state index contributed by atoms with van der Waals surface area (Å²) in [6, 6.07) is 16.7. The first kappa shape index (κ1) is 17.5. The molecular weight excluding hydrogens is 356 g/mol. The van der Waals surface area contributed by atoms with Gasteiger partial charge in [-0.05, 0) is 42.8 Å². The standard InChI is InChI=1S/C21H18N4O3/c1-14-13-19(25(24-14)21-22-17-5-3-4-6-18(17)23-21)28-20(26)12-9-15-7-10-16(27-2)11-8-15/h3-13H,1-2H3,(H,22,23)/b12-9+. The van der Waals surface area contributed by atoms with E-state index in [9.17, 15) is 4.79 Å². The molecule has 0 spiro atoms. The second kappa shape index (κ2) is 7.40. The number of para-hydroxylation sites is 2. The molecule has 140 valence electrons. The summed E-state index contributed by atoms with van der Waals surface area (Å²) in [5.41, 5.74) is 3.26. The number of hydrogen-bond acceptors (Lipinski definition) is 5. The van der Waals surface area contributed by atoms with E-state index < -0.39 is 5.97 Å². The molecule has 7 nitrogen and oxygen atoms in total. The zero-order chi connectivity index (χ0) is 19.5. The van der Waals surface area contributed by atoms with E-state index >= 15 is 0 Å². The first-order chi connectivity index (χ1) is 13.6. The van der Waals surface area contributed by atoms with Crippen molar-refractivity contribution in [3.63, 3.8) is 0 Å². The number of nitrogens with zero attached hydrogens (tertiary/aromatic N) is 3. The SMILES string of the molecule is COc1ccc(/C=C/C(=O)Oc2cc(C)nn2-c2nc3ccccc3[nH]2)cc1. The van der Waals surface area contributed by atoms with Crippen molar-refractivity contribution in [2.24, 2.45) is 0 Å². The van der Waals surface area contributed by atoms with Crippen LogP contribution >= 0.6 is 0 Å². The Bertz CT molecular complexity index is 1120. The average molecular weight is 374 g/mol. The van der Waals surface area contributed by atoms with Gasteiger partial charge in [-0.1, -0.05) is 24.3 Å². The molecule has 1 N–H and O–H groups in total. The van der Waals surface area contributed by atoms with Gasteiger partial charge in [-0.2, -0.15) is 9.78 Å². The number of nitrogens with one attached hydrogen (secondary N) is 1. The number of hydrogen-bond donors (Lipinski definition) is 1. The first-order valence-corrected chi connectivity index (χ1v) is 8.68. The highest BCUT2D eigenvalue weighted by molar-refractivity contribution is 5.88. The van der Waals surface area contributed by atoms with Crippen molar-refractivity contribution in [2.75, 3.05) is 7.11 Å². The van der Waals surface area contributed by atoms with Gasteiger partial charge in [0.15, 0.2) is 0 Å². The second-order valence-electron chi connectivity index (χ2n) is 6.14. The molecule has 0 aliphatic heterocycles. The van der Waals surface area contributed by atoms with Gasteiger partial charge in [-0.3, -0.25) is 0 Å². The molecule has 2 aromatic heterocycles. The maximum absolute atomic E-state index is 12.3. The number of rotatable bonds is 5. The lowest BCUT2D eigenvalue weighted by molar-refractivity contribution is -0.129. The van der Waals surface area contributed by atoms with Crippen LogP contribution in [-0.2, 0) is 4.79 Å². The fraction of sp³-hybridized carbons (Fsp3) is 0.0952. The van der Waals surface area contributed by atoms with Crippen molar-refractivity contribution in [2.45, 2.75) is 6.92 Å². The van der Waals surface area contributed by atoms with E-state index in [0.29, 0.717) is 17.5 Å². The first-order valence-electron chi connectivity index (χ1n) is 8.68. The fourth-order valence-electron chi connectivity index (χ4n) is 2.76. The van der Waals surface area contributed by atoms with Crippen LogP contribution in [0.15, 0.2) is 60.7 Å². The molecule has 0 radical (unpaired) electrons. The van der Waals surface area contributed by atoms with Gasteiger partial charge in [0.05, 0.1) is 23.8 Å². The Hall–Kier alpha value is -3.87. The molecule has 0 bridgehead atoms. The molecule has 0 atom stereocenters. The van der Waals surface area contributed by atoms with Crippen molar-refractivity contribution >= 4 is 23.1 Å². The van der Waals surface area contributed by atoms with Crippen LogP contribution in [0.1, 0.15) is 11.3 Å². The van der Waals surface area contributed by atoms with Gasteiger partial charge in [0, 0.05) is 12.1 Å². The van der Waals surface area contributed by atoms with Gasteiger partial charge in [0.1, 0.15) is 5.75 Å². The minimum absolute atomic E-state index is 0.293. The molecule has 0 unspecified atom stereocenters. The number of ether oxygens (including phenoxy) is 2. The largest absolute Gasteiger partial charge is 0.497 e. The van der Waals surface area contributed by atoms with E-state index in [1.807, 2.05) is 55.5 Å². The molecule has 2 aromatic carbocycles. The number of methoxy groups -OCH3 is 1. The number of aromatic amines is 1. The van der Waals surface area contributed by atoms with Crippen LogP contribution in [0.4, 0.5) is 0 Å². The number of aryl methyl sites for hydroxylation is 1. The Balaban J connectivity index is 1.54. The molecule has 2 heterocycles. The zero-order valence-electron chi connectivity index (χ0n) is 15.4. The smallest absolute Gasteiger partial charge is 0.337 e. The zero-order valence-corrected chi connectivity index (χ0v) is 15.4. The van der Waals surface area contributed by atoms with E-state index in [1.165, 1.54) is 10.8 Å². The molecule has 0 amide bonds. The summed E-state index contributed by atoms with van der Waals surface area (Å²) in [7, 11) is 1.61. The Morgan fingerprint density at radius 3 is 2.68 bits per heavy atom. The number of esters is 1. The van der Waals surface area contributed by atoms with Crippen LogP contribution in [0.2, 0.25) is 0 Å². The van der Waals surface area contributed by atoms with Crippen molar-refractivity contribution in [3.05, 3.63) is 71.9 Å². The number of benzene rings is 2. The predicted octanol–water partition coefficient (Wildman–Crippen LogP) is 3.68. The molecule has 4 rings (SSSR count). The van der Waals surface area contributed by atoms with E-state index in [1.54, 1.807) is 19.3 Å². The Labute approximate surface area is 161 Å². The van der Waals surface area contributed by atoms with Crippen molar-refractivity contribution in [1.82, 2.24) is 19.7 Å². The quantitative estimate of drug-likeness (QED) is 0.426. The van der Waals surface area contributed by atoms with E-state index in [4.69, 9.17) is 9.47 Å². The number of fused-ring (bicyclic) bond motifs is 1. The minimum Gasteiger partial charge on any atom is -0.497 e. The Kier molecular flexibility index (Phi) is 4.63. The van der Waals surface area contributed by atoms with Gasteiger partial charge >= 0.3 is 5.97 Å². The highest BCUT2D eigenvalue weighted by atomic mass is 16.5. The normalized spacial score (nSPS) is 11.2. The lowest BCUT2D eigenvalue weighted by atomic mass is 10.2. The van der Waals surface area contributed by atoms with Crippen LogP contribution in [0, 0.1) is 6.92 Å². The number of H-pyrrole nitrogens is 1. The molecule has 0 aliphatic carbocycles. The summed E-state index contributed by atoms with van der Waals surface area (Å²) in [6.45, 7) is 1.82. The van der Waals surface area contributed by atoms with E-state index in [-0.39, 0.29) is 0 Å². The minimum atomic E-state index is -0.506. The molecule has 0 aliphatic rings. The molecule has 28 heavy (non-hydrogen) atoms.